The van der Waals surface area contributed by atoms with Gasteiger partial charge < -0.3 is 14.6 Å². The molecule has 0 radical (unpaired) electrons. The highest BCUT2D eigenvalue weighted by Gasteiger charge is 2.42. The molecule has 2 aromatic carbocycles. The molecule has 0 aliphatic carbocycles. The standard InChI is InChI=1S/C27H24F6N4O3/c1-15(2)23(35-25(39)27(31,32)33)24(16-4-6-18(7-5-16)26(28,29)30)40-20-9-10-21-17(12-20)13-34-37(21)19-8-11-22(38)36(3)14-19/h4-15,23-24H,1-3H3,(H,35,39). The molecule has 0 saturated carbocycles. The molecule has 2 atom stereocenters. The summed E-state index contributed by atoms with van der Waals surface area (Å²) in [6.07, 6.45) is -7.95. The van der Waals surface area contributed by atoms with Crippen LogP contribution in [-0.4, -0.2) is 32.5 Å². The van der Waals surface area contributed by atoms with Gasteiger partial charge in [0.25, 0.3) is 0 Å². The lowest BCUT2D eigenvalue weighted by Crippen LogP contribution is -2.49. The predicted octanol–water partition coefficient (Wildman–Crippen LogP) is 5.57. The zero-order valence-electron chi connectivity index (χ0n) is 21.4. The number of carbonyl (C=O) groups is 1. The second-order valence-corrected chi connectivity index (χ2v) is 9.51. The minimum atomic E-state index is -5.17. The van der Waals surface area contributed by atoms with E-state index in [1.807, 2.05) is 5.32 Å². The quantitative estimate of drug-likeness (QED) is 0.297. The Morgan fingerprint density at radius 1 is 0.975 bits per heavy atom. The topological polar surface area (TPSA) is 78.2 Å². The number of benzene rings is 2. The summed E-state index contributed by atoms with van der Waals surface area (Å²) in [4.78, 5) is 23.6. The second kappa shape index (κ2) is 10.7. The summed E-state index contributed by atoms with van der Waals surface area (Å²) in [5.74, 6) is -2.61. The summed E-state index contributed by atoms with van der Waals surface area (Å²) in [6.45, 7) is 3.12. The van der Waals surface area contributed by atoms with Crippen molar-refractivity contribution in [3.8, 4) is 11.4 Å². The number of aryl methyl sites for hydroxylation is 1. The Kier molecular flexibility index (Phi) is 7.68. The van der Waals surface area contributed by atoms with Crippen LogP contribution in [0.4, 0.5) is 26.3 Å². The molecular weight excluding hydrogens is 542 g/mol. The van der Waals surface area contributed by atoms with Crippen molar-refractivity contribution >= 4 is 16.8 Å². The Bertz CT molecular complexity index is 1570. The molecule has 13 heteroatoms. The minimum Gasteiger partial charge on any atom is -0.484 e. The Labute approximate surface area is 224 Å². The van der Waals surface area contributed by atoms with Crippen molar-refractivity contribution in [2.45, 2.75) is 38.3 Å². The van der Waals surface area contributed by atoms with Gasteiger partial charge in [0.15, 0.2) is 0 Å². The average Bonchev–Trinajstić information content (AvgIpc) is 3.29. The van der Waals surface area contributed by atoms with Gasteiger partial charge >= 0.3 is 18.3 Å². The summed E-state index contributed by atoms with van der Waals surface area (Å²) >= 11 is 0. The van der Waals surface area contributed by atoms with Crippen molar-refractivity contribution in [2.24, 2.45) is 13.0 Å². The Balaban J connectivity index is 1.73. The molecule has 1 amide bonds. The largest absolute Gasteiger partial charge is 0.484 e. The molecule has 2 heterocycles. The van der Waals surface area contributed by atoms with Crippen LogP contribution in [0.15, 0.2) is 71.8 Å². The van der Waals surface area contributed by atoms with Crippen LogP contribution in [0.5, 0.6) is 5.75 Å². The van der Waals surface area contributed by atoms with Crippen molar-refractivity contribution in [1.82, 2.24) is 19.7 Å². The second-order valence-electron chi connectivity index (χ2n) is 9.51. The molecule has 2 unspecified atom stereocenters. The van der Waals surface area contributed by atoms with E-state index in [1.54, 1.807) is 50.0 Å². The van der Waals surface area contributed by atoms with E-state index in [1.165, 1.54) is 22.9 Å². The van der Waals surface area contributed by atoms with Crippen LogP contribution in [0, 0.1) is 5.92 Å². The van der Waals surface area contributed by atoms with Gasteiger partial charge in [0.05, 0.1) is 29.0 Å². The van der Waals surface area contributed by atoms with Gasteiger partial charge in [-0.25, -0.2) is 4.68 Å². The smallest absolute Gasteiger partial charge is 0.471 e. The SMILES string of the molecule is CC(C)C(NC(=O)C(F)(F)F)C(Oc1ccc2c(cnn2-c2ccc(=O)n(C)c2)c1)c1ccc(C(F)(F)F)cc1. The van der Waals surface area contributed by atoms with E-state index in [9.17, 15) is 35.9 Å². The van der Waals surface area contributed by atoms with E-state index in [2.05, 4.69) is 5.10 Å². The summed E-state index contributed by atoms with van der Waals surface area (Å²) in [7, 11) is 1.59. The summed E-state index contributed by atoms with van der Waals surface area (Å²) in [5.41, 5.74) is 0.214. The van der Waals surface area contributed by atoms with Crippen molar-refractivity contribution in [3.63, 3.8) is 0 Å². The van der Waals surface area contributed by atoms with Crippen molar-refractivity contribution in [1.29, 1.82) is 0 Å². The number of nitrogens with zero attached hydrogens (tertiary/aromatic N) is 3. The third kappa shape index (κ3) is 6.13. The van der Waals surface area contributed by atoms with E-state index < -0.39 is 41.9 Å². The Hall–Kier alpha value is -4.29. The first kappa shape index (κ1) is 28.7. The number of halogens is 6. The number of carbonyl (C=O) groups excluding carboxylic acids is 1. The first-order valence-corrected chi connectivity index (χ1v) is 12.0. The summed E-state index contributed by atoms with van der Waals surface area (Å²) in [6, 6.07) is 10.3. The van der Waals surface area contributed by atoms with Gasteiger partial charge in [0.2, 0.25) is 5.56 Å². The number of hydrogen-bond donors (Lipinski definition) is 1. The molecule has 1 N–H and O–H groups in total. The first-order valence-electron chi connectivity index (χ1n) is 12.0. The highest BCUT2D eigenvalue weighted by atomic mass is 19.4. The number of ether oxygens (including phenoxy) is 1. The molecule has 0 bridgehead atoms. The molecule has 0 aliphatic rings. The number of aromatic nitrogens is 3. The fourth-order valence-electron chi connectivity index (χ4n) is 4.18. The highest BCUT2D eigenvalue weighted by Crippen LogP contribution is 2.34. The van der Waals surface area contributed by atoms with Crippen LogP contribution in [0.25, 0.3) is 16.6 Å². The number of fused-ring (bicyclic) bond motifs is 1. The Morgan fingerprint density at radius 3 is 2.23 bits per heavy atom. The minimum absolute atomic E-state index is 0.134. The molecule has 0 aliphatic heterocycles. The van der Waals surface area contributed by atoms with Gasteiger partial charge in [-0.2, -0.15) is 31.4 Å². The van der Waals surface area contributed by atoms with Crippen LogP contribution in [0.3, 0.4) is 0 Å². The number of amides is 1. The molecule has 4 rings (SSSR count). The molecule has 7 nitrogen and oxygen atoms in total. The van der Waals surface area contributed by atoms with E-state index in [-0.39, 0.29) is 16.9 Å². The predicted molar refractivity (Wildman–Crippen MR) is 134 cm³/mol. The van der Waals surface area contributed by atoms with Crippen molar-refractivity contribution in [2.75, 3.05) is 0 Å². The molecule has 2 aromatic heterocycles. The van der Waals surface area contributed by atoms with Gasteiger partial charge in [-0.05, 0) is 47.9 Å². The number of nitrogens with one attached hydrogen (secondary N) is 1. The van der Waals surface area contributed by atoms with Crippen LogP contribution in [0.1, 0.15) is 31.1 Å². The molecule has 0 spiro atoms. The van der Waals surface area contributed by atoms with Crippen molar-refractivity contribution < 1.29 is 35.9 Å². The lowest BCUT2D eigenvalue weighted by molar-refractivity contribution is -0.175. The maximum Gasteiger partial charge on any atom is 0.471 e. The summed E-state index contributed by atoms with van der Waals surface area (Å²) in [5, 5.41) is 6.85. The first-order chi connectivity index (χ1) is 18.6. The van der Waals surface area contributed by atoms with Gasteiger partial charge in [-0.3, -0.25) is 9.59 Å². The molecule has 0 fully saturated rings. The van der Waals surface area contributed by atoms with Gasteiger partial charge in [-0.15, -0.1) is 0 Å². The molecular formula is C27H24F6N4O3. The van der Waals surface area contributed by atoms with Crippen LogP contribution >= 0.6 is 0 Å². The lowest BCUT2D eigenvalue weighted by Gasteiger charge is -2.32. The molecule has 212 valence electrons. The van der Waals surface area contributed by atoms with E-state index in [0.29, 0.717) is 16.6 Å². The monoisotopic (exact) mass is 566 g/mol. The van der Waals surface area contributed by atoms with Crippen molar-refractivity contribution in [3.05, 3.63) is 88.5 Å². The number of pyridine rings is 1. The van der Waals surface area contributed by atoms with Crippen LogP contribution in [0.2, 0.25) is 0 Å². The molecule has 40 heavy (non-hydrogen) atoms. The lowest BCUT2D eigenvalue weighted by atomic mass is 9.92. The molecule has 0 saturated heterocycles. The van der Waals surface area contributed by atoms with Crippen LogP contribution < -0.4 is 15.6 Å². The van der Waals surface area contributed by atoms with Crippen LogP contribution in [-0.2, 0) is 18.0 Å². The normalized spacial score (nSPS) is 13.8. The number of hydrogen-bond acceptors (Lipinski definition) is 4. The van der Waals surface area contributed by atoms with E-state index >= 15 is 0 Å². The molecule has 4 aromatic rings. The highest BCUT2D eigenvalue weighted by molar-refractivity contribution is 5.82. The fraction of sp³-hybridized carbons (Fsp3) is 0.296. The third-order valence-corrected chi connectivity index (χ3v) is 6.28. The zero-order valence-corrected chi connectivity index (χ0v) is 21.4. The zero-order chi connectivity index (χ0) is 29.4. The number of rotatable bonds is 7. The van der Waals surface area contributed by atoms with Gasteiger partial charge in [0, 0.05) is 24.7 Å². The Morgan fingerprint density at radius 2 is 1.65 bits per heavy atom. The maximum absolute atomic E-state index is 13.1. The van der Waals surface area contributed by atoms with E-state index in [0.717, 1.165) is 24.3 Å². The van der Waals surface area contributed by atoms with Gasteiger partial charge in [0.1, 0.15) is 11.9 Å². The number of alkyl halides is 6. The fourth-order valence-corrected chi connectivity index (χ4v) is 4.18. The third-order valence-electron chi connectivity index (χ3n) is 6.28. The summed E-state index contributed by atoms with van der Waals surface area (Å²) < 4.78 is 87.8. The maximum atomic E-state index is 13.1. The van der Waals surface area contributed by atoms with Gasteiger partial charge in [-0.1, -0.05) is 26.0 Å². The average molecular weight is 567 g/mol. The van der Waals surface area contributed by atoms with E-state index in [4.69, 9.17) is 4.74 Å².